The summed E-state index contributed by atoms with van der Waals surface area (Å²) >= 11 is 7.53. The Hall–Kier alpha value is -3.94. The molecule has 6 nitrogen and oxygen atoms in total. The number of fused-ring (bicyclic) bond motifs is 1. The molecular formula is C28H20ClN3O3S. The van der Waals surface area contributed by atoms with Crippen molar-refractivity contribution in [3.8, 4) is 11.1 Å². The zero-order chi connectivity index (χ0) is 24.8. The Kier molecular flexibility index (Phi) is 5.59. The molecule has 1 aliphatic rings. The van der Waals surface area contributed by atoms with E-state index in [0.29, 0.717) is 33.4 Å². The minimum atomic E-state index is -0.459. The molecule has 2 aromatic carbocycles. The third kappa shape index (κ3) is 3.68. The average molecular weight is 514 g/mol. The molecule has 36 heavy (non-hydrogen) atoms. The van der Waals surface area contributed by atoms with Crippen molar-refractivity contribution in [3.05, 3.63) is 116 Å². The maximum absolute atomic E-state index is 13.9. The monoisotopic (exact) mass is 513 g/mol. The van der Waals surface area contributed by atoms with E-state index in [4.69, 9.17) is 21.1 Å². The molecule has 1 unspecified atom stereocenters. The van der Waals surface area contributed by atoms with E-state index in [1.807, 2.05) is 66.0 Å². The number of halogens is 1. The number of para-hydroxylation sites is 1. The van der Waals surface area contributed by atoms with Crippen molar-refractivity contribution in [2.24, 2.45) is 12.1 Å². The minimum absolute atomic E-state index is 0.180. The van der Waals surface area contributed by atoms with Gasteiger partial charge in [-0.2, -0.15) is 5.10 Å². The van der Waals surface area contributed by atoms with Gasteiger partial charge < -0.3 is 8.98 Å². The van der Waals surface area contributed by atoms with Gasteiger partial charge in [0.15, 0.2) is 0 Å². The largest absolute Gasteiger partial charge is 0.467 e. The van der Waals surface area contributed by atoms with Crippen molar-refractivity contribution in [2.75, 3.05) is 0 Å². The Morgan fingerprint density at radius 2 is 1.83 bits per heavy atom. The lowest BCUT2D eigenvalue weighted by Crippen LogP contribution is -2.26. The summed E-state index contributed by atoms with van der Waals surface area (Å²) in [6.07, 6.45) is 1.92. The first-order valence-corrected chi connectivity index (χ1v) is 12.6. The lowest BCUT2D eigenvalue weighted by molar-refractivity contribution is 0.0698. The zero-order valence-corrected chi connectivity index (χ0v) is 20.8. The first-order valence-electron chi connectivity index (χ1n) is 11.4. The molecule has 0 saturated carbocycles. The van der Waals surface area contributed by atoms with Crippen LogP contribution >= 0.6 is 22.9 Å². The molecule has 1 aliphatic heterocycles. The highest BCUT2D eigenvalue weighted by Gasteiger charge is 2.37. The molecule has 1 amide bonds. The fourth-order valence-electron chi connectivity index (χ4n) is 4.74. The predicted octanol–water partition coefficient (Wildman–Crippen LogP) is 6.50. The molecule has 1 atom stereocenters. The smallest absolute Gasteiger partial charge is 0.284 e. The summed E-state index contributed by atoms with van der Waals surface area (Å²) in [6, 6.07) is 22.0. The van der Waals surface area contributed by atoms with Crippen molar-refractivity contribution in [1.82, 2.24) is 9.58 Å². The minimum Gasteiger partial charge on any atom is -0.467 e. The maximum Gasteiger partial charge on any atom is 0.284 e. The topological polar surface area (TPSA) is 67.8 Å². The number of rotatable bonds is 4. The molecule has 4 heterocycles. The Morgan fingerprint density at radius 3 is 2.56 bits per heavy atom. The number of aryl methyl sites for hydroxylation is 1. The van der Waals surface area contributed by atoms with Crippen LogP contribution in [0.2, 0.25) is 5.02 Å². The number of aromatic nitrogens is 1. The second-order valence-corrected chi connectivity index (χ2v) is 9.93. The molecule has 6 rings (SSSR count). The number of pyridine rings is 1. The number of hydrogen-bond donors (Lipinski definition) is 0. The van der Waals surface area contributed by atoms with Crippen molar-refractivity contribution in [3.63, 3.8) is 0 Å². The maximum atomic E-state index is 13.9. The average Bonchev–Trinajstić information content (AvgIpc) is 3.68. The summed E-state index contributed by atoms with van der Waals surface area (Å²) < 4.78 is 7.33. The normalized spacial score (nSPS) is 15.4. The number of hydrogen-bond acceptors (Lipinski definition) is 5. The molecule has 0 N–H and O–H groups in total. The second kappa shape index (κ2) is 8.93. The Labute approximate surface area is 215 Å². The van der Waals surface area contributed by atoms with Crippen molar-refractivity contribution in [2.45, 2.75) is 12.5 Å². The van der Waals surface area contributed by atoms with Crippen LogP contribution in [0.25, 0.3) is 22.0 Å². The molecule has 0 radical (unpaired) electrons. The first-order chi connectivity index (χ1) is 17.5. The molecule has 0 bridgehead atoms. The molecule has 5 aromatic rings. The molecular weight excluding hydrogens is 494 g/mol. The number of nitrogens with zero attached hydrogens (tertiary/aromatic N) is 3. The van der Waals surface area contributed by atoms with Crippen LogP contribution in [0.15, 0.2) is 98.8 Å². The fraction of sp³-hybridized carbons (Fsp3) is 0.107. The van der Waals surface area contributed by atoms with Crippen molar-refractivity contribution < 1.29 is 9.21 Å². The Bertz CT molecular complexity index is 1670. The lowest BCUT2D eigenvalue weighted by Gasteiger charge is -2.19. The van der Waals surface area contributed by atoms with Gasteiger partial charge in [0.25, 0.3) is 11.5 Å². The summed E-state index contributed by atoms with van der Waals surface area (Å²) in [5, 5.41) is 9.59. The third-order valence-electron chi connectivity index (χ3n) is 6.45. The number of thiophene rings is 1. The highest BCUT2D eigenvalue weighted by Crippen LogP contribution is 2.38. The van der Waals surface area contributed by atoms with E-state index in [9.17, 15) is 9.59 Å². The highest BCUT2D eigenvalue weighted by molar-refractivity contribution is 7.12. The van der Waals surface area contributed by atoms with Crippen LogP contribution in [0.3, 0.4) is 0 Å². The van der Waals surface area contributed by atoms with Crippen LogP contribution in [0.4, 0.5) is 0 Å². The van der Waals surface area contributed by atoms with E-state index in [2.05, 4.69) is 0 Å². The van der Waals surface area contributed by atoms with Gasteiger partial charge in [0.2, 0.25) is 0 Å². The van der Waals surface area contributed by atoms with Crippen LogP contribution in [-0.2, 0) is 7.05 Å². The molecule has 0 spiro atoms. The summed E-state index contributed by atoms with van der Waals surface area (Å²) in [4.78, 5) is 27.9. The SMILES string of the molecule is Cn1c(=O)c(C2=NN(C(=O)c3cccs3)C(c3ccco3)C2)c(-c2ccc(Cl)cc2)c2ccccc21. The number of carbonyl (C=O) groups is 1. The molecule has 3 aromatic heterocycles. The molecule has 8 heteroatoms. The van der Waals surface area contributed by atoms with Gasteiger partial charge in [-0.1, -0.05) is 48.0 Å². The molecule has 0 saturated heterocycles. The van der Waals surface area contributed by atoms with Gasteiger partial charge in [0, 0.05) is 29.4 Å². The Balaban J connectivity index is 1.60. The van der Waals surface area contributed by atoms with E-state index in [0.717, 1.165) is 22.0 Å². The van der Waals surface area contributed by atoms with Crippen molar-refractivity contribution in [1.29, 1.82) is 0 Å². The Morgan fingerprint density at radius 1 is 1.03 bits per heavy atom. The van der Waals surface area contributed by atoms with Crippen LogP contribution in [0, 0.1) is 0 Å². The van der Waals surface area contributed by atoms with E-state index in [-0.39, 0.29) is 11.5 Å². The summed E-state index contributed by atoms with van der Waals surface area (Å²) in [5.41, 5.74) is 3.26. The van der Waals surface area contributed by atoms with Gasteiger partial charge in [0.1, 0.15) is 11.8 Å². The van der Waals surface area contributed by atoms with Crippen LogP contribution in [0.5, 0.6) is 0 Å². The van der Waals surface area contributed by atoms with E-state index in [1.165, 1.54) is 16.3 Å². The number of carbonyl (C=O) groups excluding carboxylic acids is 1. The van der Waals surface area contributed by atoms with E-state index >= 15 is 0 Å². The number of amides is 1. The van der Waals surface area contributed by atoms with Gasteiger partial charge in [-0.15, -0.1) is 11.3 Å². The van der Waals surface area contributed by atoms with Gasteiger partial charge >= 0.3 is 0 Å². The number of hydrazone groups is 1. The fourth-order valence-corrected chi connectivity index (χ4v) is 5.53. The van der Waals surface area contributed by atoms with Crippen molar-refractivity contribution >= 4 is 45.5 Å². The number of furan rings is 1. The van der Waals surface area contributed by atoms with Gasteiger partial charge in [-0.3, -0.25) is 9.59 Å². The highest BCUT2D eigenvalue weighted by atomic mass is 35.5. The summed E-state index contributed by atoms with van der Waals surface area (Å²) in [6.45, 7) is 0. The third-order valence-corrected chi connectivity index (χ3v) is 7.56. The number of benzene rings is 2. The lowest BCUT2D eigenvalue weighted by atomic mass is 9.91. The van der Waals surface area contributed by atoms with Crippen LogP contribution in [-0.4, -0.2) is 21.2 Å². The second-order valence-electron chi connectivity index (χ2n) is 8.55. The van der Waals surface area contributed by atoms with E-state index in [1.54, 1.807) is 30.0 Å². The first kappa shape index (κ1) is 22.5. The standard InChI is InChI=1S/C28H20ClN3O3S/c1-31-21-7-3-2-6-19(21)25(17-10-12-18(29)13-11-17)26(28(31)34)20-16-22(23-8-4-14-35-23)32(30-20)27(33)24-9-5-15-36-24/h2-15,22H,16H2,1H3. The zero-order valence-electron chi connectivity index (χ0n) is 19.2. The van der Waals surface area contributed by atoms with Crippen LogP contribution in [0.1, 0.15) is 33.5 Å². The van der Waals surface area contributed by atoms with Gasteiger partial charge in [0.05, 0.1) is 27.9 Å². The summed E-state index contributed by atoms with van der Waals surface area (Å²) in [5.74, 6) is 0.386. The van der Waals surface area contributed by atoms with Gasteiger partial charge in [-0.05, 0) is 47.3 Å². The van der Waals surface area contributed by atoms with E-state index < -0.39 is 6.04 Å². The quantitative estimate of drug-likeness (QED) is 0.275. The van der Waals surface area contributed by atoms with Crippen LogP contribution < -0.4 is 5.56 Å². The molecule has 0 aliphatic carbocycles. The summed E-state index contributed by atoms with van der Waals surface area (Å²) in [7, 11) is 1.76. The molecule has 0 fully saturated rings. The van der Waals surface area contributed by atoms with Gasteiger partial charge in [-0.25, -0.2) is 5.01 Å². The predicted molar refractivity (Wildman–Crippen MR) is 143 cm³/mol. The molecule has 178 valence electrons.